The molecule has 1 fully saturated rings. The Morgan fingerprint density at radius 2 is 1.77 bits per heavy atom. The monoisotopic (exact) mass is 360 g/mol. The van der Waals surface area contributed by atoms with Crippen LogP contribution in [0.4, 0.5) is 0 Å². The lowest BCUT2D eigenvalue weighted by Gasteiger charge is -2.36. The minimum atomic E-state index is -0.610. The number of rotatable bonds is 4. The molecular weight excluding hydrogens is 332 g/mol. The number of carbonyl (C=O) groups excluding carboxylic acids is 2. The predicted octanol–water partition coefficient (Wildman–Crippen LogP) is 2.65. The van der Waals surface area contributed by atoms with E-state index in [1.807, 2.05) is 39.0 Å². The lowest BCUT2D eigenvalue weighted by Crippen LogP contribution is -2.50. The van der Waals surface area contributed by atoms with Gasteiger partial charge in [0.1, 0.15) is 0 Å². The molecule has 1 aliphatic carbocycles. The van der Waals surface area contributed by atoms with Gasteiger partial charge in [0.15, 0.2) is 11.5 Å². The van der Waals surface area contributed by atoms with Crippen LogP contribution in [-0.2, 0) is 15.0 Å². The molecule has 1 aliphatic heterocycles. The van der Waals surface area contributed by atoms with Gasteiger partial charge in [-0.1, -0.05) is 25.3 Å². The second-order valence-corrected chi connectivity index (χ2v) is 8.19. The van der Waals surface area contributed by atoms with Gasteiger partial charge in [-0.3, -0.25) is 9.59 Å². The van der Waals surface area contributed by atoms with Crippen LogP contribution < -0.4 is 20.1 Å². The predicted molar refractivity (Wildman–Crippen MR) is 98.2 cm³/mol. The molecule has 2 amide bonds. The molecule has 2 aliphatic rings. The SMILES string of the molecule is CC(C)(C)NC(=O)CNC(=O)C1(c2ccc3c(c2)OCO3)CCCCC1. The fraction of sp³-hybridized carbons (Fsp3) is 0.600. The minimum absolute atomic E-state index is 0.0115. The number of hydrogen-bond acceptors (Lipinski definition) is 4. The first-order chi connectivity index (χ1) is 12.3. The first-order valence-electron chi connectivity index (χ1n) is 9.30. The molecule has 0 unspecified atom stereocenters. The van der Waals surface area contributed by atoms with E-state index in [4.69, 9.17) is 9.47 Å². The van der Waals surface area contributed by atoms with Crippen LogP contribution in [0.3, 0.4) is 0 Å². The minimum Gasteiger partial charge on any atom is -0.454 e. The Morgan fingerprint density at radius 3 is 2.46 bits per heavy atom. The molecule has 0 atom stereocenters. The van der Waals surface area contributed by atoms with Crippen molar-refractivity contribution in [3.63, 3.8) is 0 Å². The topological polar surface area (TPSA) is 76.7 Å². The average Bonchev–Trinajstić information content (AvgIpc) is 3.06. The molecule has 6 nitrogen and oxygen atoms in total. The second-order valence-electron chi connectivity index (χ2n) is 8.19. The Bertz CT molecular complexity index is 688. The van der Waals surface area contributed by atoms with Crippen molar-refractivity contribution in [2.75, 3.05) is 13.3 Å². The van der Waals surface area contributed by atoms with E-state index in [2.05, 4.69) is 10.6 Å². The fourth-order valence-corrected chi connectivity index (χ4v) is 3.79. The Labute approximate surface area is 154 Å². The molecule has 1 aromatic rings. The van der Waals surface area contributed by atoms with Crippen molar-refractivity contribution in [3.8, 4) is 11.5 Å². The van der Waals surface area contributed by atoms with Crippen LogP contribution in [0, 0.1) is 0 Å². The number of amides is 2. The van der Waals surface area contributed by atoms with E-state index in [1.54, 1.807) is 0 Å². The van der Waals surface area contributed by atoms with E-state index in [0.29, 0.717) is 11.5 Å². The molecule has 0 aromatic heterocycles. The zero-order valence-corrected chi connectivity index (χ0v) is 15.8. The van der Waals surface area contributed by atoms with E-state index >= 15 is 0 Å². The third-order valence-corrected chi connectivity index (χ3v) is 4.99. The van der Waals surface area contributed by atoms with Gasteiger partial charge in [0.05, 0.1) is 12.0 Å². The number of benzene rings is 1. The first kappa shape index (κ1) is 18.5. The van der Waals surface area contributed by atoms with Crippen LogP contribution in [0.15, 0.2) is 18.2 Å². The van der Waals surface area contributed by atoms with Crippen molar-refractivity contribution in [1.82, 2.24) is 10.6 Å². The van der Waals surface area contributed by atoms with Crippen LogP contribution in [0.5, 0.6) is 11.5 Å². The van der Waals surface area contributed by atoms with Gasteiger partial charge in [0.2, 0.25) is 18.6 Å². The normalized spacial score (nSPS) is 18.3. The Hall–Kier alpha value is -2.24. The summed E-state index contributed by atoms with van der Waals surface area (Å²) in [5.74, 6) is 1.14. The van der Waals surface area contributed by atoms with Crippen LogP contribution in [0.2, 0.25) is 0 Å². The standard InChI is InChI=1S/C20H28N2O4/c1-19(2,3)22-17(23)12-21-18(24)20(9-5-4-6-10-20)14-7-8-15-16(11-14)26-13-25-15/h7-8,11H,4-6,9-10,12-13H2,1-3H3,(H,21,24)(H,22,23). The molecule has 142 valence electrons. The van der Waals surface area contributed by atoms with E-state index in [9.17, 15) is 9.59 Å². The summed E-state index contributed by atoms with van der Waals surface area (Å²) in [5, 5.41) is 5.73. The number of ether oxygens (including phenoxy) is 2. The summed E-state index contributed by atoms with van der Waals surface area (Å²) in [5.41, 5.74) is 0.0123. The van der Waals surface area contributed by atoms with Crippen molar-refractivity contribution in [2.24, 2.45) is 0 Å². The molecule has 1 aromatic carbocycles. The molecule has 0 spiro atoms. The number of hydrogen-bond donors (Lipinski definition) is 2. The quantitative estimate of drug-likeness (QED) is 0.865. The molecule has 0 radical (unpaired) electrons. The first-order valence-corrected chi connectivity index (χ1v) is 9.30. The highest BCUT2D eigenvalue weighted by Crippen LogP contribution is 2.43. The van der Waals surface area contributed by atoms with Crippen LogP contribution in [0.1, 0.15) is 58.4 Å². The summed E-state index contributed by atoms with van der Waals surface area (Å²) in [4.78, 5) is 25.2. The third-order valence-electron chi connectivity index (χ3n) is 4.99. The molecule has 6 heteroatoms. The van der Waals surface area contributed by atoms with Crippen LogP contribution in [-0.4, -0.2) is 30.7 Å². The molecule has 1 saturated carbocycles. The lowest BCUT2D eigenvalue weighted by molar-refractivity contribution is -0.131. The van der Waals surface area contributed by atoms with Crippen molar-refractivity contribution < 1.29 is 19.1 Å². The Kier molecular flexibility index (Phi) is 5.12. The summed E-state index contributed by atoms with van der Waals surface area (Å²) in [7, 11) is 0. The second kappa shape index (κ2) is 7.17. The van der Waals surface area contributed by atoms with Gasteiger partial charge in [-0.2, -0.15) is 0 Å². The summed E-state index contributed by atoms with van der Waals surface area (Å²) < 4.78 is 10.9. The van der Waals surface area contributed by atoms with Gasteiger partial charge in [0, 0.05) is 5.54 Å². The van der Waals surface area contributed by atoms with Gasteiger partial charge in [-0.05, 0) is 51.3 Å². The van der Waals surface area contributed by atoms with E-state index in [0.717, 1.165) is 37.7 Å². The van der Waals surface area contributed by atoms with Gasteiger partial charge in [0.25, 0.3) is 0 Å². The van der Waals surface area contributed by atoms with E-state index in [-0.39, 0.29) is 30.7 Å². The molecule has 3 rings (SSSR count). The lowest BCUT2D eigenvalue weighted by atomic mass is 9.68. The summed E-state index contributed by atoms with van der Waals surface area (Å²) in [6.45, 7) is 5.96. The Balaban J connectivity index is 1.77. The number of nitrogens with one attached hydrogen (secondary N) is 2. The highest BCUT2D eigenvalue weighted by molar-refractivity contribution is 5.92. The third kappa shape index (κ3) is 3.94. The summed E-state index contributed by atoms with van der Waals surface area (Å²) >= 11 is 0. The molecular formula is C20H28N2O4. The number of carbonyl (C=O) groups is 2. The summed E-state index contributed by atoms with van der Waals surface area (Å²) in [6.07, 6.45) is 4.68. The number of fused-ring (bicyclic) bond motifs is 1. The molecule has 1 heterocycles. The highest BCUT2D eigenvalue weighted by atomic mass is 16.7. The largest absolute Gasteiger partial charge is 0.454 e. The molecule has 0 bridgehead atoms. The van der Waals surface area contributed by atoms with Crippen LogP contribution in [0.25, 0.3) is 0 Å². The van der Waals surface area contributed by atoms with Gasteiger partial charge in [-0.25, -0.2) is 0 Å². The molecule has 0 saturated heterocycles. The van der Waals surface area contributed by atoms with Crippen LogP contribution >= 0.6 is 0 Å². The smallest absolute Gasteiger partial charge is 0.239 e. The molecule has 26 heavy (non-hydrogen) atoms. The van der Waals surface area contributed by atoms with E-state index < -0.39 is 5.41 Å². The van der Waals surface area contributed by atoms with Gasteiger partial charge in [-0.15, -0.1) is 0 Å². The maximum absolute atomic E-state index is 13.1. The van der Waals surface area contributed by atoms with Gasteiger partial charge >= 0.3 is 0 Å². The zero-order valence-electron chi connectivity index (χ0n) is 15.8. The Morgan fingerprint density at radius 1 is 1.08 bits per heavy atom. The van der Waals surface area contributed by atoms with Gasteiger partial charge < -0.3 is 20.1 Å². The highest BCUT2D eigenvalue weighted by Gasteiger charge is 2.42. The van der Waals surface area contributed by atoms with Crippen molar-refractivity contribution in [1.29, 1.82) is 0 Å². The molecule has 2 N–H and O–H groups in total. The zero-order chi connectivity index (χ0) is 18.8. The van der Waals surface area contributed by atoms with Crippen molar-refractivity contribution in [3.05, 3.63) is 23.8 Å². The fourth-order valence-electron chi connectivity index (χ4n) is 3.79. The van der Waals surface area contributed by atoms with Crippen molar-refractivity contribution in [2.45, 2.75) is 63.8 Å². The van der Waals surface area contributed by atoms with E-state index in [1.165, 1.54) is 0 Å². The average molecular weight is 360 g/mol. The summed E-state index contributed by atoms with van der Waals surface area (Å²) in [6, 6.07) is 5.74. The maximum atomic E-state index is 13.1. The maximum Gasteiger partial charge on any atom is 0.239 e. The van der Waals surface area contributed by atoms with Crippen molar-refractivity contribution >= 4 is 11.8 Å².